The summed E-state index contributed by atoms with van der Waals surface area (Å²) in [5.74, 6) is -1.38. The second-order valence-electron chi connectivity index (χ2n) is 3.91. The van der Waals surface area contributed by atoms with E-state index in [2.05, 4.69) is 5.32 Å². The summed E-state index contributed by atoms with van der Waals surface area (Å²) >= 11 is 0. The van der Waals surface area contributed by atoms with Crippen LogP contribution in [0.1, 0.15) is 0 Å². The maximum absolute atomic E-state index is 11.7. The van der Waals surface area contributed by atoms with Crippen molar-refractivity contribution in [3.05, 3.63) is 0 Å². The zero-order valence-electron chi connectivity index (χ0n) is 8.42. The molecule has 2 saturated heterocycles. The Balaban J connectivity index is 2.26. The molecule has 1 unspecified atom stereocenters. The number of piperazine rings is 1. The molecule has 0 bridgehead atoms. The first-order valence-electron chi connectivity index (χ1n) is 4.87. The standard InChI is InChI=1S/C8H12N2O5S/c11-3-5-8(13)10-1-2-16(14,15)4-6(10)7(12)9-5/h5-6,11H,1-4H2,(H,9,12)/t5-,6?/m0/s1. The number of aliphatic hydroxyl groups is 1. The van der Waals surface area contributed by atoms with Gasteiger partial charge < -0.3 is 15.3 Å². The topological polar surface area (TPSA) is 104 Å². The lowest BCUT2D eigenvalue weighted by atomic mass is 10.1. The van der Waals surface area contributed by atoms with Crippen LogP contribution in [0, 0.1) is 0 Å². The van der Waals surface area contributed by atoms with Crippen LogP contribution < -0.4 is 5.32 Å². The molecule has 2 aliphatic heterocycles. The van der Waals surface area contributed by atoms with E-state index >= 15 is 0 Å². The largest absolute Gasteiger partial charge is 0.394 e. The van der Waals surface area contributed by atoms with Crippen LogP contribution in [-0.2, 0) is 19.4 Å². The summed E-state index contributed by atoms with van der Waals surface area (Å²) in [4.78, 5) is 24.5. The molecule has 8 heteroatoms. The van der Waals surface area contributed by atoms with E-state index in [4.69, 9.17) is 5.11 Å². The highest BCUT2D eigenvalue weighted by Gasteiger charge is 2.45. The van der Waals surface area contributed by atoms with Crippen molar-refractivity contribution in [2.45, 2.75) is 12.1 Å². The van der Waals surface area contributed by atoms with E-state index in [-0.39, 0.29) is 18.1 Å². The minimum atomic E-state index is -3.25. The fourth-order valence-corrected chi connectivity index (χ4v) is 3.40. The molecule has 0 aromatic heterocycles. The van der Waals surface area contributed by atoms with Crippen LogP contribution in [-0.4, -0.2) is 67.0 Å². The van der Waals surface area contributed by atoms with Crippen molar-refractivity contribution in [3.63, 3.8) is 0 Å². The van der Waals surface area contributed by atoms with Crippen LogP contribution in [0.15, 0.2) is 0 Å². The molecule has 0 aliphatic carbocycles. The number of rotatable bonds is 1. The summed E-state index contributed by atoms with van der Waals surface area (Å²) in [6.45, 7) is -0.448. The van der Waals surface area contributed by atoms with Crippen LogP contribution in [0.25, 0.3) is 0 Å². The minimum absolute atomic E-state index is 0.0236. The number of hydrogen-bond acceptors (Lipinski definition) is 5. The van der Waals surface area contributed by atoms with Gasteiger partial charge in [-0.15, -0.1) is 0 Å². The molecular formula is C8H12N2O5S. The van der Waals surface area contributed by atoms with Gasteiger partial charge in [0, 0.05) is 6.54 Å². The fraction of sp³-hybridized carbons (Fsp3) is 0.750. The number of hydrogen-bond donors (Lipinski definition) is 2. The number of amides is 2. The first kappa shape index (κ1) is 11.3. The Morgan fingerprint density at radius 3 is 2.75 bits per heavy atom. The highest BCUT2D eigenvalue weighted by atomic mass is 32.2. The van der Waals surface area contributed by atoms with Crippen molar-refractivity contribution in [2.75, 3.05) is 24.7 Å². The quantitative estimate of drug-likeness (QED) is 0.518. The lowest BCUT2D eigenvalue weighted by Crippen LogP contribution is -2.68. The van der Waals surface area contributed by atoms with Gasteiger partial charge in [-0.05, 0) is 0 Å². The van der Waals surface area contributed by atoms with Crippen molar-refractivity contribution in [1.29, 1.82) is 0 Å². The second kappa shape index (κ2) is 3.70. The number of sulfone groups is 1. The molecule has 7 nitrogen and oxygen atoms in total. The molecule has 16 heavy (non-hydrogen) atoms. The molecule has 0 saturated carbocycles. The van der Waals surface area contributed by atoms with Gasteiger partial charge in [0.25, 0.3) is 0 Å². The van der Waals surface area contributed by atoms with Gasteiger partial charge in [0.15, 0.2) is 9.84 Å². The lowest BCUT2D eigenvalue weighted by Gasteiger charge is -2.40. The van der Waals surface area contributed by atoms with Crippen LogP contribution in [0.2, 0.25) is 0 Å². The second-order valence-corrected chi connectivity index (χ2v) is 6.13. The Morgan fingerprint density at radius 1 is 1.44 bits per heavy atom. The Morgan fingerprint density at radius 2 is 2.12 bits per heavy atom. The lowest BCUT2D eigenvalue weighted by molar-refractivity contribution is -0.149. The number of aliphatic hydroxyl groups excluding tert-OH is 1. The Hall–Kier alpha value is -1.15. The van der Waals surface area contributed by atoms with Gasteiger partial charge in [0.05, 0.1) is 18.1 Å². The maximum atomic E-state index is 11.7. The van der Waals surface area contributed by atoms with E-state index in [1.807, 2.05) is 0 Å². The summed E-state index contributed by atoms with van der Waals surface area (Å²) in [7, 11) is -3.25. The van der Waals surface area contributed by atoms with E-state index in [1.54, 1.807) is 0 Å². The minimum Gasteiger partial charge on any atom is -0.394 e. The molecule has 0 spiro atoms. The molecule has 2 heterocycles. The first-order valence-corrected chi connectivity index (χ1v) is 6.69. The Labute approximate surface area is 92.3 Å². The summed E-state index contributed by atoms with van der Waals surface area (Å²) in [5, 5.41) is 11.2. The average Bonchev–Trinajstić information content (AvgIpc) is 2.22. The molecule has 2 N–H and O–H groups in total. The number of carbonyl (C=O) groups is 2. The molecular weight excluding hydrogens is 236 g/mol. The van der Waals surface area contributed by atoms with Crippen molar-refractivity contribution >= 4 is 21.7 Å². The molecule has 0 radical (unpaired) electrons. The molecule has 2 fully saturated rings. The summed E-state index contributed by atoms with van der Waals surface area (Å²) in [6.07, 6.45) is 0. The van der Waals surface area contributed by atoms with E-state index in [9.17, 15) is 18.0 Å². The van der Waals surface area contributed by atoms with E-state index in [1.165, 1.54) is 4.90 Å². The molecule has 0 aromatic carbocycles. The van der Waals surface area contributed by atoms with Gasteiger partial charge >= 0.3 is 0 Å². The monoisotopic (exact) mass is 248 g/mol. The van der Waals surface area contributed by atoms with Crippen molar-refractivity contribution in [1.82, 2.24) is 10.2 Å². The smallest absolute Gasteiger partial charge is 0.248 e. The van der Waals surface area contributed by atoms with E-state index in [0.29, 0.717) is 0 Å². The summed E-state index contributed by atoms with van der Waals surface area (Å²) < 4.78 is 22.7. The predicted octanol–water partition coefficient (Wildman–Crippen LogP) is -2.90. The SMILES string of the molecule is O=C1N[C@@H](CO)C(=O)N2CCS(=O)(=O)CC12. The third-order valence-corrected chi connectivity index (χ3v) is 4.44. The molecule has 0 aromatic rings. The summed E-state index contributed by atoms with van der Waals surface area (Å²) in [6, 6.07) is -1.88. The van der Waals surface area contributed by atoms with Crippen LogP contribution in [0.5, 0.6) is 0 Å². The third-order valence-electron chi connectivity index (χ3n) is 2.81. The first-order chi connectivity index (χ1) is 7.44. The van der Waals surface area contributed by atoms with Gasteiger partial charge in [-0.25, -0.2) is 8.42 Å². The highest BCUT2D eigenvalue weighted by Crippen LogP contribution is 2.17. The Kier molecular flexibility index (Phi) is 2.62. The molecule has 2 amide bonds. The Bertz CT molecular complexity index is 432. The van der Waals surface area contributed by atoms with Crippen molar-refractivity contribution < 1.29 is 23.1 Å². The maximum Gasteiger partial charge on any atom is 0.248 e. The fourth-order valence-electron chi connectivity index (χ4n) is 1.94. The van der Waals surface area contributed by atoms with Crippen molar-refractivity contribution in [3.8, 4) is 0 Å². The third kappa shape index (κ3) is 1.78. The molecule has 2 rings (SSSR count). The van der Waals surface area contributed by atoms with Gasteiger partial charge in [-0.1, -0.05) is 0 Å². The number of fused-ring (bicyclic) bond motifs is 1. The normalized spacial score (nSPS) is 33.2. The number of nitrogens with zero attached hydrogens (tertiary/aromatic N) is 1. The van der Waals surface area contributed by atoms with Crippen LogP contribution in [0.4, 0.5) is 0 Å². The van der Waals surface area contributed by atoms with Gasteiger partial charge in [-0.3, -0.25) is 9.59 Å². The molecule has 2 atom stereocenters. The predicted molar refractivity (Wildman–Crippen MR) is 53.2 cm³/mol. The van der Waals surface area contributed by atoms with Gasteiger partial charge in [-0.2, -0.15) is 0 Å². The van der Waals surface area contributed by atoms with Crippen LogP contribution >= 0.6 is 0 Å². The molecule has 2 aliphatic rings. The highest BCUT2D eigenvalue weighted by molar-refractivity contribution is 7.91. The van der Waals surface area contributed by atoms with Crippen molar-refractivity contribution in [2.24, 2.45) is 0 Å². The number of nitrogens with one attached hydrogen (secondary N) is 1. The van der Waals surface area contributed by atoms with Gasteiger partial charge in [0.2, 0.25) is 11.8 Å². The summed E-state index contributed by atoms with van der Waals surface area (Å²) in [5.41, 5.74) is 0. The van der Waals surface area contributed by atoms with E-state index in [0.717, 1.165) is 0 Å². The van der Waals surface area contributed by atoms with E-state index < -0.39 is 40.3 Å². The van der Waals surface area contributed by atoms with Crippen LogP contribution in [0.3, 0.4) is 0 Å². The van der Waals surface area contributed by atoms with Gasteiger partial charge in [0.1, 0.15) is 12.1 Å². The zero-order chi connectivity index (χ0) is 11.9. The molecule has 90 valence electrons. The average molecular weight is 248 g/mol. The number of carbonyl (C=O) groups excluding carboxylic acids is 2. The zero-order valence-corrected chi connectivity index (χ0v) is 9.24.